The number of hydrogen-bond donors (Lipinski definition) is 1. The highest BCUT2D eigenvalue weighted by molar-refractivity contribution is 5.87. The van der Waals surface area contributed by atoms with E-state index in [-0.39, 0.29) is 30.2 Å². The second kappa shape index (κ2) is 11.6. The number of amides is 2. The fourth-order valence-corrected chi connectivity index (χ4v) is 3.30. The highest BCUT2D eigenvalue weighted by atomic mass is 19.1. The molecule has 0 heterocycles. The van der Waals surface area contributed by atoms with Crippen LogP contribution in [-0.2, 0) is 22.6 Å². The molecule has 1 N–H and O–H groups in total. The van der Waals surface area contributed by atoms with Crippen molar-refractivity contribution in [3.63, 3.8) is 0 Å². The second-order valence-electron chi connectivity index (χ2n) is 8.54. The topological polar surface area (TPSA) is 49.4 Å². The smallest absolute Gasteiger partial charge is 0.242 e. The van der Waals surface area contributed by atoms with Crippen LogP contribution in [0.15, 0.2) is 48.5 Å². The molecule has 0 aliphatic heterocycles. The van der Waals surface area contributed by atoms with Crippen molar-refractivity contribution in [1.29, 1.82) is 0 Å². The minimum Gasteiger partial charge on any atom is -0.352 e. The normalized spacial score (nSPS) is 13.0. The van der Waals surface area contributed by atoms with Crippen LogP contribution >= 0.6 is 0 Å². The third kappa shape index (κ3) is 7.50. The van der Waals surface area contributed by atoms with Gasteiger partial charge in [-0.2, -0.15) is 0 Å². The summed E-state index contributed by atoms with van der Waals surface area (Å²) in [5.74, 6) is -0.129. The highest BCUT2D eigenvalue weighted by Gasteiger charge is 2.26. The molecule has 0 saturated heterocycles. The summed E-state index contributed by atoms with van der Waals surface area (Å²) in [6.07, 6.45) is 1.73. The Balaban J connectivity index is 2.12. The molecule has 2 amide bonds. The molecular formula is C26H35FN2O2. The summed E-state index contributed by atoms with van der Waals surface area (Å²) in [6, 6.07) is 13.8. The molecule has 31 heavy (non-hydrogen) atoms. The van der Waals surface area contributed by atoms with Crippen molar-refractivity contribution in [3.8, 4) is 0 Å². The van der Waals surface area contributed by atoms with Crippen molar-refractivity contribution in [2.45, 2.75) is 78.4 Å². The lowest BCUT2D eigenvalue weighted by atomic mass is 10.00. The molecule has 0 aliphatic rings. The van der Waals surface area contributed by atoms with E-state index in [0.717, 1.165) is 17.5 Å². The van der Waals surface area contributed by atoms with Crippen LogP contribution in [-0.4, -0.2) is 28.8 Å². The minimum atomic E-state index is -0.616. The molecule has 0 radical (unpaired) electrons. The number of benzene rings is 2. The Labute approximate surface area is 185 Å². The Morgan fingerprint density at radius 2 is 1.52 bits per heavy atom. The van der Waals surface area contributed by atoms with E-state index in [0.29, 0.717) is 18.8 Å². The summed E-state index contributed by atoms with van der Waals surface area (Å²) in [4.78, 5) is 27.4. The maximum atomic E-state index is 13.3. The van der Waals surface area contributed by atoms with Crippen molar-refractivity contribution < 1.29 is 14.0 Å². The van der Waals surface area contributed by atoms with Gasteiger partial charge in [0.15, 0.2) is 0 Å². The molecule has 0 bridgehead atoms. The van der Waals surface area contributed by atoms with E-state index in [1.54, 1.807) is 24.0 Å². The first kappa shape index (κ1) is 24.6. The fraction of sp³-hybridized carbons (Fsp3) is 0.462. The van der Waals surface area contributed by atoms with Gasteiger partial charge in [-0.15, -0.1) is 0 Å². The first-order chi connectivity index (χ1) is 14.7. The van der Waals surface area contributed by atoms with E-state index in [1.165, 1.54) is 17.7 Å². The zero-order chi connectivity index (χ0) is 23.0. The summed E-state index contributed by atoms with van der Waals surface area (Å²) < 4.78 is 13.3. The van der Waals surface area contributed by atoms with Crippen LogP contribution < -0.4 is 5.32 Å². The van der Waals surface area contributed by atoms with Crippen LogP contribution in [0.5, 0.6) is 0 Å². The number of halogens is 1. The molecule has 168 valence electrons. The lowest BCUT2D eigenvalue weighted by molar-refractivity contribution is -0.140. The number of nitrogens with zero attached hydrogens (tertiary/aromatic N) is 1. The van der Waals surface area contributed by atoms with Gasteiger partial charge in [0.05, 0.1) is 0 Å². The minimum absolute atomic E-state index is 0.0391. The lowest BCUT2D eigenvalue weighted by Crippen LogP contribution is -2.49. The van der Waals surface area contributed by atoms with Crippen molar-refractivity contribution in [3.05, 3.63) is 71.0 Å². The number of carbonyl (C=O) groups excluding carboxylic acids is 2. The SMILES string of the molecule is CC[C@H](C)NC(=O)[C@@H](C)N(Cc1ccc(F)cc1)C(=O)CCc1ccc(C(C)C)cc1. The summed E-state index contributed by atoms with van der Waals surface area (Å²) in [6.45, 7) is 10.3. The third-order valence-electron chi connectivity index (χ3n) is 5.71. The molecular weight excluding hydrogens is 391 g/mol. The van der Waals surface area contributed by atoms with E-state index in [4.69, 9.17) is 0 Å². The Morgan fingerprint density at radius 1 is 0.935 bits per heavy atom. The average Bonchev–Trinajstić information content (AvgIpc) is 2.76. The maximum absolute atomic E-state index is 13.3. The first-order valence-electron chi connectivity index (χ1n) is 11.1. The van der Waals surface area contributed by atoms with Gasteiger partial charge in [0.1, 0.15) is 11.9 Å². The van der Waals surface area contributed by atoms with Crippen molar-refractivity contribution >= 4 is 11.8 Å². The summed E-state index contributed by atoms with van der Waals surface area (Å²) in [7, 11) is 0. The van der Waals surface area contributed by atoms with E-state index in [2.05, 4.69) is 43.4 Å². The van der Waals surface area contributed by atoms with Crippen LogP contribution in [0.3, 0.4) is 0 Å². The van der Waals surface area contributed by atoms with Gasteiger partial charge in [-0.05, 0) is 61.4 Å². The quantitative estimate of drug-likeness (QED) is 0.567. The van der Waals surface area contributed by atoms with E-state index < -0.39 is 6.04 Å². The van der Waals surface area contributed by atoms with Gasteiger partial charge < -0.3 is 10.2 Å². The molecule has 0 fully saturated rings. The molecule has 0 aromatic heterocycles. The van der Waals surface area contributed by atoms with Gasteiger partial charge in [0.25, 0.3) is 0 Å². The zero-order valence-corrected chi connectivity index (χ0v) is 19.3. The van der Waals surface area contributed by atoms with Crippen LogP contribution in [0.25, 0.3) is 0 Å². The molecule has 4 nitrogen and oxygen atoms in total. The molecule has 0 saturated carbocycles. The van der Waals surface area contributed by atoms with Crippen LogP contribution in [0.4, 0.5) is 4.39 Å². The predicted octanol–water partition coefficient (Wildman–Crippen LogP) is 5.21. The predicted molar refractivity (Wildman–Crippen MR) is 123 cm³/mol. The van der Waals surface area contributed by atoms with Gasteiger partial charge in [-0.3, -0.25) is 9.59 Å². The lowest BCUT2D eigenvalue weighted by Gasteiger charge is -2.30. The largest absolute Gasteiger partial charge is 0.352 e. The number of carbonyl (C=O) groups is 2. The van der Waals surface area contributed by atoms with Gasteiger partial charge in [-0.25, -0.2) is 4.39 Å². The van der Waals surface area contributed by atoms with Gasteiger partial charge in [0.2, 0.25) is 11.8 Å². The number of hydrogen-bond acceptors (Lipinski definition) is 2. The Bertz CT molecular complexity index is 847. The van der Waals surface area contributed by atoms with Gasteiger partial charge in [0, 0.05) is 19.0 Å². The zero-order valence-electron chi connectivity index (χ0n) is 19.3. The van der Waals surface area contributed by atoms with E-state index >= 15 is 0 Å². The first-order valence-corrected chi connectivity index (χ1v) is 11.1. The maximum Gasteiger partial charge on any atom is 0.242 e. The average molecular weight is 427 g/mol. The second-order valence-corrected chi connectivity index (χ2v) is 8.54. The molecule has 2 aromatic rings. The van der Waals surface area contributed by atoms with Crippen LogP contribution in [0, 0.1) is 5.82 Å². The summed E-state index contributed by atoms with van der Waals surface area (Å²) >= 11 is 0. The van der Waals surface area contributed by atoms with Crippen LogP contribution in [0.1, 0.15) is 70.1 Å². The molecule has 2 atom stereocenters. The number of nitrogens with one attached hydrogen (secondary N) is 1. The van der Waals surface area contributed by atoms with Crippen LogP contribution in [0.2, 0.25) is 0 Å². The molecule has 2 rings (SSSR count). The van der Waals surface area contributed by atoms with Crippen molar-refractivity contribution in [1.82, 2.24) is 10.2 Å². The van der Waals surface area contributed by atoms with Gasteiger partial charge >= 0.3 is 0 Å². The van der Waals surface area contributed by atoms with Crippen molar-refractivity contribution in [2.24, 2.45) is 0 Å². The summed E-state index contributed by atoms with van der Waals surface area (Å²) in [5, 5.41) is 2.96. The van der Waals surface area contributed by atoms with Crippen molar-refractivity contribution in [2.75, 3.05) is 0 Å². The van der Waals surface area contributed by atoms with Gasteiger partial charge in [-0.1, -0.05) is 57.2 Å². The molecule has 0 aliphatic carbocycles. The third-order valence-corrected chi connectivity index (χ3v) is 5.71. The van der Waals surface area contributed by atoms with E-state index in [9.17, 15) is 14.0 Å². The molecule has 0 spiro atoms. The monoisotopic (exact) mass is 426 g/mol. The number of rotatable bonds is 10. The standard InChI is InChI=1S/C26H35FN2O2/c1-6-19(4)28-26(31)20(5)29(17-22-9-14-24(27)15-10-22)25(30)16-11-21-7-12-23(13-8-21)18(2)3/h7-10,12-15,18-20H,6,11,16-17H2,1-5H3,(H,28,31)/t19-,20+/m0/s1. The van der Waals surface area contributed by atoms with E-state index in [1.807, 2.05) is 13.8 Å². The Morgan fingerprint density at radius 3 is 2.06 bits per heavy atom. The molecule has 0 unspecified atom stereocenters. The fourth-order valence-electron chi connectivity index (χ4n) is 3.30. The highest BCUT2D eigenvalue weighted by Crippen LogP contribution is 2.17. The molecule has 5 heteroatoms. The summed E-state index contributed by atoms with van der Waals surface area (Å²) in [5.41, 5.74) is 3.15. The Kier molecular flexibility index (Phi) is 9.22. The Hall–Kier alpha value is -2.69. The molecule has 2 aromatic carbocycles. The number of aryl methyl sites for hydroxylation is 1.